The summed E-state index contributed by atoms with van der Waals surface area (Å²) in [4.78, 5) is 36.7. The van der Waals surface area contributed by atoms with Gasteiger partial charge in [-0.25, -0.2) is 0 Å². The third-order valence-corrected chi connectivity index (χ3v) is 3.50. The molecule has 0 aliphatic rings. The van der Waals surface area contributed by atoms with Crippen molar-refractivity contribution in [3.63, 3.8) is 0 Å². The summed E-state index contributed by atoms with van der Waals surface area (Å²) >= 11 is 5.89. The van der Waals surface area contributed by atoms with Crippen molar-refractivity contribution in [2.24, 2.45) is 0 Å². The van der Waals surface area contributed by atoms with Crippen molar-refractivity contribution in [2.75, 3.05) is 22.1 Å². The van der Waals surface area contributed by atoms with Gasteiger partial charge in [0.25, 0.3) is 0 Å². The predicted octanol–water partition coefficient (Wildman–Crippen LogP) is 3.29. The van der Waals surface area contributed by atoms with E-state index in [2.05, 4.69) is 10.6 Å². The van der Waals surface area contributed by atoms with E-state index in [4.69, 9.17) is 11.6 Å². The summed E-state index contributed by atoms with van der Waals surface area (Å²) in [5.74, 6) is -0.867. The summed E-state index contributed by atoms with van der Waals surface area (Å²) in [5.41, 5.74) is 1.61. The molecule has 0 aliphatic carbocycles. The molecular weight excluding hydrogens is 342 g/mol. The molecule has 130 valence electrons. The summed E-state index contributed by atoms with van der Waals surface area (Å²) in [5, 5.41) is 5.85. The zero-order valence-electron chi connectivity index (χ0n) is 13.9. The van der Waals surface area contributed by atoms with E-state index >= 15 is 0 Å². The van der Waals surface area contributed by atoms with Crippen LogP contribution in [0.3, 0.4) is 0 Å². The molecule has 0 fully saturated rings. The van der Waals surface area contributed by atoms with Gasteiger partial charge < -0.3 is 15.5 Å². The average Bonchev–Trinajstić information content (AvgIpc) is 2.52. The first kappa shape index (κ1) is 18.5. The third kappa shape index (κ3) is 5.61. The maximum absolute atomic E-state index is 12.3. The van der Waals surface area contributed by atoms with Gasteiger partial charge in [-0.2, -0.15) is 0 Å². The number of hydrogen-bond donors (Lipinski definition) is 2. The van der Waals surface area contributed by atoms with Crippen molar-refractivity contribution in [3.8, 4) is 0 Å². The van der Waals surface area contributed by atoms with E-state index in [-0.39, 0.29) is 24.3 Å². The van der Waals surface area contributed by atoms with Crippen LogP contribution in [0.2, 0.25) is 5.02 Å². The van der Waals surface area contributed by atoms with Gasteiger partial charge in [0.15, 0.2) is 0 Å². The fraction of sp³-hybridized carbons (Fsp3) is 0.167. The zero-order chi connectivity index (χ0) is 18.4. The first-order valence-corrected chi connectivity index (χ1v) is 7.94. The molecule has 0 atom stereocenters. The molecular formula is C18H18ClN3O3. The van der Waals surface area contributed by atoms with Crippen molar-refractivity contribution >= 4 is 46.4 Å². The van der Waals surface area contributed by atoms with Crippen LogP contribution in [-0.4, -0.2) is 24.3 Å². The number of nitrogens with zero attached hydrogens (tertiary/aromatic N) is 1. The van der Waals surface area contributed by atoms with Crippen molar-refractivity contribution < 1.29 is 14.4 Å². The molecule has 6 nitrogen and oxygen atoms in total. The van der Waals surface area contributed by atoms with Gasteiger partial charge in [-0.05, 0) is 36.4 Å². The van der Waals surface area contributed by atoms with Gasteiger partial charge in [-0.3, -0.25) is 14.4 Å². The quantitative estimate of drug-likeness (QED) is 0.859. The largest absolute Gasteiger partial charge is 0.326 e. The normalized spacial score (nSPS) is 10.0. The van der Waals surface area contributed by atoms with Crippen LogP contribution in [0.15, 0.2) is 48.5 Å². The maximum atomic E-state index is 12.3. The Labute approximate surface area is 150 Å². The van der Waals surface area contributed by atoms with Crippen LogP contribution in [0, 0.1) is 0 Å². The highest BCUT2D eigenvalue weighted by Gasteiger charge is 2.16. The molecule has 7 heteroatoms. The van der Waals surface area contributed by atoms with Gasteiger partial charge >= 0.3 is 0 Å². The predicted molar refractivity (Wildman–Crippen MR) is 98.9 cm³/mol. The van der Waals surface area contributed by atoms with E-state index in [0.29, 0.717) is 22.1 Å². The van der Waals surface area contributed by atoms with Crippen LogP contribution in [0.5, 0.6) is 0 Å². The Hall–Kier alpha value is -2.86. The lowest BCUT2D eigenvalue weighted by molar-refractivity contribution is -0.120. The van der Waals surface area contributed by atoms with E-state index in [1.165, 1.54) is 18.7 Å². The van der Waals surface area contributed by atoms with Crippen LogP contribution in [0.4, 0.5) is 17.1 Å². The maximum Gasteiger partial charge on any atom is 0.244 e. The van der Waals surface area contributed by atoms with Gasteiger partial charge in [0.1, 0.15) is 6.54 Å². The molecule has 0 aliphatic heterocycles. The zero-order valence-corrected chi connectivity index (χ0v) is 14.6. The number of hydrogen-bond acceptors (Lipinski definition) is 3. The van der Waals surface area contributed by atoms with Crippen LogP contribution in [0.1, 0.15) is 13.8 Å². The Morgan fingerprint density at radius 1 is 0.960 bits per heavy atom. The molecule has 0 bridgehead atoms. The molecule has 2 aromatic carbocycles. The highest BCUT2D eigenvalue weighted by molar-refractivity contribution is 6.30. The fourth-order valence-electron chi connectivity index (χ4n) is 2.25. The Balaban J connectivity index is 2.14. The summed E-state index contributed by atoms with van der Waals surface area (Å²) in [6.45, 7) is 2.61. The monoisotopic (exact) mass is 359 g/mol. The Kier molecular flexibility index (Phi) is 6.14. The van der Waals surface area contributed by atoms with E-state index in [1.807, 2.05) is 0 Å². The lowest BCUT2D eigenvalue weighted by Gasteiger charge is -2.21. The second-order valence-electron chi connectivity index (χ2n) is 5.40. The molecule has 0 unspecified atom stereocenters. The second-order valence-corrected chi connectivity index (χ2v) is 5.83. The minimum absolute atomic E-state index is 0.161. The van der Waals surface area contributed by atoms with E-state index in [0.717, 1.165) is 0 Å². The summed E-state index contributed by atoms with van der Waals surface area (Å²) < 4.78 is 0. The first-order chi connectivity index (χ1) is 11.8. The molecule has 0 saturated carbocycles. The Morgan fingerprint density at radius 2 is 1.60 bits per heavy atom. The van der Waals surface area contributed by atoms with Crippen molar-refractivity contribution in [1.82, 2.24) is 0 Å². The standard InChI is InChI=1S/C18H18ClN3O3/c1-12(23)20-16-7-4-8-17(10-16)22(13(2)24)11-18(25)21-15-6-3-5-14(19)9-15/h3-10H,11H2,1-2H3,(H,20,23)(H,21,25). The van der Waals surface area contributed by atoms with E-state index < -0.39 is 0 Å². The molecule has 0 saturated heterocycles. The topological polar surface area (TPSA) is 78.5 Å². The SMILES string of the molecule is CC(=O)Nc1cccc(N(CC(=O)Nc2cccc(Cl)c2)C(C)=O)c1. The van der Waals surface area contributed by atoms with Gasteiger partial charge in [-0.15, -0.1) is 0 Å². The minimum atomic E-state index is -0.359. The molecule has 25 heavy (non-hydrogen) atoms. The van der Waals surface area contributed by atoms with Crippen LogP contribution in [-0.2, 0) is 14.4 Å². The summed E-state index contributed by atoms with van der Waals surface area (Å²) in [6.07, 6.45) is 0. The molecule has 0 radical (unpaired) electrons. The fourth-order valence-corrected chi connectivity index (χ4v) is 2.44. The Morgan fingerprint density at radius 3 is 2.20 bits per heavy atom. The molecule has 0 aromatic heterocycles. The van der Waals surface area contributed by atoms with Crippen molar-refractivity contribution in [1.29, 1.82) is 0 Å². The van der Waals surface area contributed by atoms with E-state index in [9.17, 15) is 14.4 Å². The number of rotatable bonds is 5. The molecule has 0 spiro atoms. The van der Waals surface area contributed by atoms with Crippen molar-refractivity contribution in [2.45, 2.75) is 13.8 Å². The molecule has 2 rings (SSSR count). The summed E-state index contributed by atoms with van der Waals surface area (Å²) in [7, 11) is 0. The number of carbonyl (C=O) groups is 3. The van der Waals surface area contributed by atoms with Gasteiger partial charge in [0.2, 0.25) is 17.7 Å². The summed E-state index contributed by atoms with van der Waals surface area (Å²) in [6, 6.07) is 13.5. The number of amides is 3. The number of nitrogens with one attached hydrogen (secondary N) is 2. The second kappa shape index (κ2) is 8.30. The highest BCUT2D eigenvalue weighted by Crippen LogP contribution is 2.20. The van der Waals surface area contributed by atoms with Crippen LogP contribution in [0.25, 0.3) is 0 Å². The number of carbonyl (C=O) groups excluding carboxylic acids is 3. The van der Waals surface area contributed by atoms with Crippen LogP contribution >= 0.6 is 11.6 Å². The third-order valence-electron chi connectivity index (χ3n) is 3.27. The molecule has 3 amide bonds. The average molecular weight is 360 g/mol. The van der Waals surface area contributed by atoms with Crippen LogP contribution < -0.4 is 15.5 Å². The Bertz CT molecular complexity index is 808. The minimum Gasteiger partial charge on any atom is -0.326 e. The van der Waals surface area contributed by atoms with E-state index in [1.54, 1.807) is 48.5 Å². The number of benzene rings is 2. The van der Waals surface area contributed by atoms with Gasteiger partial charge in [0, 0.05) is 35.9 Å². The smallest absolute Gasteiger partial charge is 0.244 e. The number of halogens is 1. The lowest BCUT2D eigenvalue weighted by atomic mass is 10.2. The first-order valence-electron chi connectivity index (χ1n) is 7.56. The lowest BCUT2D eigenvalue weighted by Crippen LogP contribution is -2.36. The number of anilines is 3. The molecule has 2 aromatic rings. The molecule has 2 N–H and O–H groups in total. The van der Waals surface area contributed by atoms with Gasteiger partial charge in [-0.1, -0.05) is 23.7 Å². The highest BCUT2D eigenvalue weighted by atomic mass is 35.5. The molecule has 0 heterocycles. The van der Waals surface area contributed by atoms with Gasteiger partial charge in [0.05, 0.1) is 0 Å². The van der Waals surface area contributed by atoms with Crippen molar-refractivity contribution in [3.05, 3.63) is 53.6 Å².